The Hall–Kier alpha value is -3.17. The van der Waals surface area contributed by atoms with E-state index in [2.05, 4.69) is 21.9 Å². The number of amides is 1. The van der Waals surface area contributed by atoms with E-state index >= 15 is 0 Å². The zero-order chi connectivity index (χ0) is 19.6. The van der Waals surface area contributed by atoms with Crippen LogP contribution in [0.15, 0.2) is 37.2 Å². The van der Waals surface area contributed by atoms with Crippen LogP contribution in [0.2, 0.25) is 0 Å². The lowest BCUT2D eigenvalue weighted by atomic mass is 10.00. The quantitative estimate of drug-likeness (QED) is 0.646. The van der Waals surface area contributed by atoms with Crippen molar-refractivity contribution in [1.29, 1.82) is 0 Å². The summed E-state index contributed by atoms with van der Waals surface area (Å²) < 4.78 is 62.7. The summed E-state index contributed by atoms with van der Waals surface area (Å²) in [5, 5.41) is 2.67. The number of nitrogens with one attached hydrogen (secondary N) is 1. The molecule has 10 heteroatoms. The number of nitrogens with zero attached hydrogens (tertiary/aromatic N) is 2. The van der Waals surface area contributed by atoms with Crippen molar-refractivity contribution < 1.29 is 31.8 Å². The number of rotatable bonds is 4. The summed E-state index contributed by atoms with van der Waals surface area (Å²) in [6, 6.07) is 2.33. The van der Waals surface area contributed by atoms with Crippen molar-refractivity contribution >= 4 is 5.91 Å². The molecular weight excluding hydrogens is 370 g/mol. The number of hydrogen-bond acceptors (Lipinski definition) is 5. The molecular formula is C17H13F4N3O3. The Balaban J connectivity index is 1.84. The Morgan fingerprint density at radius 3 is 2.67 bits per heavy atom. The number of aromatic nitrogens is 2. The molecule has 0 saturated carbocycles. The van der Waals surface area contributed by atoms with Crippen LogP contribution in [0.4, 0.5) is 17.6 Å². The molecule has 1 amide bonds. The number of alkyl halides is 3. The molecule has 0 saturated heterocycles. The monoisotopic (exact) mass is 383 g/mol. The van der Waals surface area contributed by atoms with E-state index in [4.69, 9.17) is 9.47 Å². The van der Waals surface area contributed by atoms with E-state index in [1.165, 1.54) is 12.1 Å². The predicted molar refractivity (Wildman–Crippen MR) is 84.7 cm³/mol. The molecule has 2 heterocycles. The summed E-state index contributed by atoms with van der Waals surface area (Å²) in [7, 11) is 0. The average molecular weight is 383 g/mol. The lowest BCUT2D eigenvalue weighted by Crippen LogP contribution is -2.31. The second-order valence-electron chi connectivity index (χ2n) is 5.54. The van der Waals surface area contributed by atoms with Gasteiger partial charge in [-0.2, -0.15) is 17.6 Å². The minimum absolute atomic E-state index is 0.0963. The number of carbonyl (C=O) groups excluding carboxylic acids is 1. The molecule has 1 aromatic carbocycles. The maximum atomic E-state index is 14.7. The van der Waals surface area contributed by atoms with Gasteiger partial charge in [-0.05, 0) is 18.2 Å². The Morgan fingerprint density at radius 2 is 2.04 bits per heavy atom. The second kappa shape index (κ2) is 7.22. The fourth-order valence-corrected chi connectivity index (χ4v) is 2.51. The van der Waals surface area contributed by atoms with Crippen LogP contribution in [0.25, 0.3) is 0 Å². The SMILES string of the molecule is C=CC(=O)NC1CCOc2c1ccc(Oc1cnc(C(F)(F)F)nc1)c2F. The fraction of sp³-hybridized carbons (Fsp3) is 0.235. The number of hydrogen-bond donors (Lipinski definition) is 1. The van der Waals surface area contributed by atoms with Gasteiger partial charge < -0.3 is 14.8 Å². The minimum atomic E-state index is -4.69. The molecule has 0 bridgehead atoms. The summed E-state index contributed by atoms with van der Waals surface area (Å²) in [6.07, 6.45) is -1.55. The molecule has 1 aromatic heterocycles. The Kier molecular flexibility index (Phi) is 4.98. The van der Waals surface area contributed by atoms with Crippen molar-refractivity contribution in [1.82, 2.24) is 15.3 Å². The van der Waals surface area contributed by atoms with Gasteiger partial charge in [0.05, 0.1) is 25.0 Å². The molecule has 1 unspecified atom stereocenters. The van der Waals surface area contributed by atoms with Crippen molar-refractivity contribution in [2.45, 2.75) is 18.6 Å². The van der Waals surface area contributed by atoms with Crippen molar-refractivity contribution in [3.63, 3.8) is 0 Å². The van der Waals surface area contributed by atoms with Crippen LogP contribution in [-0.2, 0) is 11.0 Å². The minimum Gasteiger partial charge on any atom is -0.490 e. The van der Waals surface area contributed by atoms with Crippen LogP contribution < -0.4 is 14.8 Å². The highest BCUT2D eigenvalue weighted by molar-refractivity contribution is 5.87. The van der Waals surface area contributed by atoms with E-state index in [0.717, 1.165) is 18.5 Å². The van der Waals surface area contributed by atoms with Gasteiger partial charge in [0.1, 0.15) is 0 Å². The zero-order valence-corrected chi connectivity index (χ0v) is 13.7. The number of fused-ring (bicyclic) bond motifs is 1. The Labute approximate surface area is 150 Å². The number of benzene rings is 1. The molecule has 0 aliphatic carbocycles. The highest BCUT2D eigenvalue weighted by Crippen LogP contribution is 2.39. The first-order valence-electron chi connectivity index (χ1n) is 7.75. The molecule has 1 aliphatic rings. The van der Waals surface area contributed by atoms with Gasteiger partial charge in [0.2, 0.25) is 17.5 Å². The highest BCUT2D eigenvalue weighted by atomic mass is 19.4. The lowest BCUT2D eigenvalue weighted by molar-refractivity contribution is -0.145. The Morgan fingerprint density at radius 1 is 1.33 bits per heavy atom. The summed E-state index contributed by atoms with van der Waals surface area (Å²) in [5.74, 6) is -3.12. The first kappa shape index (κ1) is 18.6. The van der Waals surface area contributed by atoms with Gasteiger partial charge in [0.25, 0.3) is 0 Å². The van der Waals surface area contributed by atoms with Crippen LogP contribution in [0, 0.1) is 5.82 Å². The van der Waals surface area contributed by atoms with Crippen molar-refractivity contribution in [3.8, 4) is 17.2 Å². The first-order valence-corrected chi connectivity index (χ1v) is 7.75. The zero-order valence-electron chi connectivity index (χ0n) is 13.7. The van der Waals surface area contributed by atoms with Gasteiger partial charge in [-0.1, -0.05) is 6.58 Å². The molecule has 1 atom stereocenters. The summed E-state index contributed by atoms with van der Waals surface area (Å²) in [6.45, 7) is 3.53. The molecule has 0 radical (unpaired) electrons. The highest BCUT2D eigenvalue weighted by Gasteiger charge is 2.34. The normalized spacial score (nSPS) is 16.1. The smallest absolute Gasteiger partial charge is 0.451 e. The fourth-order valence-electron chi connectivity index (χ4n) is 2.51. The number of halogens is 4. The van der Waals surface area contributed by atoms with Gasteiger partial charge in [-0.25, -0.2) is 9.97 Å². The van der Waals surface area contributed by atoms with Gasteiger partial charge in [0, 0.05) is 12.0 Å². The molecule has 27 heavy (non-hydrogen) atoms. The molecule has 2 aromatic rings. The topological polar surface area (TPSA) is 73.3 Å². The third kappa shape index (κ3) is 3.99. The van der Waals surface area contributed by atoms with E-state index in [-0.39, 0.29) is 23.9 Å². The lowest BCUT2D eigenvalue weighted by Gasteiger charge is -2.27. The van der Waals surface area contributed by atoms with E-state index < -0.39 is 29.8 Å². The molecule has 1 N–H and O–H groups in total. The Bertz CT molecular complexity index is 869. The second-order valence-corrected chi connectivity index (χ2v) is 5.54. The maximum Gasteiger partial charge on any atom is 0.451 e. The molecule has 6 nitrogen and oxygen atoms in total. The standard InChI is InChI=1S/C17H13F4N3O3/c1-2-13(25)24-11-5-6-26-15-10(11)3-4-12(14(15)18)27-9-7-22-16(23-8-9)17(19,20)21/h2-4,7-8,11H,1,5-6H2,(H,24,25). The third-order valence-corrected chi connectivity index (χ3v) is 3.73. The van der Waals surface area contributed by atoms with E-state index in [9.17, 15) is 22.4 Å². The molecule has 0 spiro atoms. The number of carbonyl (C=O) groups is 1. The maximum absolute atomic E-state index is 14.7. The summed E-state index contributed by atoms with van der Waals surface area (Å²) in [5.41, 5.74) is 0.421. The van der Waals surface area contributed by atoms with Crippen LogP contribution in [0.5, 0.6) is 17.2 Å². The number of ether oxygens (including phenoxy) is 2. The van der Waals surface area contributed by atoms with Crippen molar-refractivity contribution in [3.05, 3.63) is 54.4 Å². The summed E-state index contributed by atoms with van der Waals surface area (Å²) >= 11 is 0. The van der Waals surface area contributed by atoms with Gasteiger partial charge in [-0.3, -0.25) is 4.79 Å². The molecule has 1 aliphatic heterocycles. The third-order valence-electron chi connectivity index (χ3n) is 3.73. The van der Waals surface area contributed by atoms with E-state index in [0.29, 0.717) is 12.0 Å². The first-order chi connectivity index (χ1) is 12.8. The molecule has 3 rings (SSSR count). The predicted octanol–water partition coefficient (Wildman–Crippen LogP) is 3.55. The van der Waals surface area contributed by atoms with Crippen molar-refractivity contribution in [2.75, 3.05) is 6.61 Å². The summed E-state index contributed by atoms with van der Waals surface area (Å²) in [4.78, 5) is 17.8. The van der Waals surface area contributed by atoms with Gasteiger partial charge in [0.15, 0.2) is 17.2 Å². The average Bonchev–Trinajstić information content (AvgIpc) is 2.64. The van der Waals surface area contributed by atoms with Crippen LogP contribution in [0.3, 0.4) is 0 Å². The van der Waals surface area contributed by atoms with Crippen LogP contribution in [-0.4, -0.2) is 22.5 Å². The van der Waals surface area contributed by atoms with Crippen LogP contribution >= 0.6 is 0 Å². The van der Waals surface area contributed by atoms with E-state index in [1.54, 1.807) is 0 Å². The van der Waals surface area contributed by atoms with Gasteiger partial charge in [-0.15, -0.1) is 0 Å². The van der Waals surface area contributed by atoms with Crippen molar-refractivity contribution in [2.24, 2.45) is 0 Å². The molecule has 142 valence electrons. The van der Waals surface area contributed by atoms with E-state index in [1.807, 2.05) is 0 Å². The van der Waals surface area contributed by atoms with Gasteiger partial charge >= 0.3 is 6.18 Å². The largest absolute Gasteiger partial charge is 0.490 e. The molecule has 0 fully saturated rings. The van der Waals surface area contributed by atoms with Crippen LogP contribution in [0.1, 0.15) is 23.9 Å².